The van der Waals surface area contributed by atoms with Crippen LogP contribution in [0.3, 0.4) is 0 Å². The second-order valence-corrected chi connectivity index (χ2v) is 9.16. The zero-order valence-electron chi connectivity index (χ0n) is 14.4. The summed E-state index contributed by atoms with van der Waals surface area (Å²) in [6.45, 7) is 2.66. The maximum atomic E-state index is 13.1. The normalized spacial score (nSPS) is 18.6. The van der Waals surface area contributed by atoms with Crippen LogP contribution in [0.4, 0.5) is 0 Å². The van der Waals surface area contributed by atoms with Gasteiger partial charge >= 0.3 is 0 Å². The molecule has 0 bridgehead atoms. The van der Waals surface area contributed by atoms with Gasteiger partial charge in [0, 0.05) is 11.6 Å². The third-order valence-electron chi connectivity index (χ3n) is 4.28. The molecule has 3 rings (SSSR count). The van der Waals surface area contributed by atoms with Gasteiger partial charge in [0.1, 0.15) is 11.5 Å². The van der Waals surface area contributed by atoms with Gasteiger partial charge in [-0.05, 0) is 65.7 Å². The molecule has 0 unspecified atom stereocenters. The molecule has 1 aliphatic rings. The molecule has 0 aliphatic carbocycles. The Balaban J connectivity index is 1.85. The van der Waals surface area contributed by atoms with Crippen molar-refractivity contribution in [3.63, 3.8) is 0 Å². The maximum Gasteiger partial charge on any atom is 0.254 e. The molecule has 1 atom stereocenters. The largest absolute Gasteiger partial charge is 0.494 e. The third kappa shape index (κ3) is 4.48. The maximum absolute atomic E-state index is 13.1. The van der Waals surface area contributed by atoms with Crippen LogP contribution in [-0.4, -0.2) is 43.4 Å². The molecule has 1 aromatic carbocycles. The zero-order chi connectivity index (χ0) is 18.7. The predicted molar refractivity (Wildman–Crippen MR) is 101 cm³/mol. The number of rotatable bonds is 6. The Bertz CT molecular complexity index is 875. The molecule has 140 valence electrons. The molecule has 1 fully saturated rings. The molecular formula is C18H20BrNO5S. The van der Waals surface area contributed by atoms with Crippen molar-refractivity contribution in [3.05, 3.63) is 52.4 Å². The lowest BCUT2D eigenvalue weighted by Crippen LogP contribution is -2.40. The fraction of sp³-hybridized carbons (Fsp3) is 0.389. The topological polar surface area (TPSA) is 76.8 Å². The number of hydrogen-bond donors (Lipinski definition) is 0. The van der Waals surface area contributed by atoms with Crippen molar-refractivity contribution < 1.29 is 22.4 Å². The summed E-state index contributed by atoms with van der Waals surface area (Å²) in [5.41, 5.74) is 0.489. The lowest BCUT2D eigenvalue weighted by molar-refractivity contribution is 0.0665. The summed E-state index contributed by atoms with van der Waals surface area (Å²) in [4.78, 5) is 14.6. The van der Waals surface area contributed by atoms with Gasteiger partial charge in [0.2, 0.25) is 0 Å². The molecule has 8 heteroatoms. The second kappa shape index (κ2) is 7.84. The highest BCUT2D eigenvalue weighted by atomic mass is 79.9. The Hall–Kier alpha value is -1.80. The number of carbonyl (C=O) groups is 1. The Labute approximate surface area is 161 Å². The van der Waals surface area contributed by atoms with Crippen molar-refractivity contribution >= 4 is 31.7 Å². The summed E-state index contributed by atoms with van der Waals surface area (Å²) in [6, 6.07) is 10.0. The minimum Gasteiger partial charge on any atom is -0.494 e. The molecule has 26 heavy (non-hydrogen) atoms. The summed E-state index contributed by atoms with van der Waals surface area (Å²) in [5.74, 6) is 1.15. The van der Waals surface area contributed by atoms with E-state index in [0.29, 0.717) is 34.8 Å². The molecule has 2 heterocycles. The number of nitrogens with zero attached hydrogens (tertiary/aromatic N) is 1. The van der Waals surface area contributed by atoms with E-state index in [1.165, 1.54) is 0 Å². The van der Waals surface area contributed by atoms with E-state index in [2.05, 4.69) is 15.9 Å². The summed E-state index contributed by atoms with van der Waals surface area (Å²) < 4.78 is 35.3. The highest BCUT2D eigenvalue weighted by Crippen LogP contribution is 2.24. The van der Waals surface area contributed by atoms with Crippen LogP contribution in [0.1, 0.15) is 29.5 Å². The number of amides is 1. The quantitative estimate of drug-likeness (QED) is 0.687. The molecule has 1 aliphatic heterocycles. The average molecular weight is 442 g/mol. The van der Waals surface area contributed by atoms with Gasteiger partial charge in [-0.1, -0.05) is 0 Å². The number of benzene rings is 1. The minimum atomic E-state index is -3.11. The predicted octanol–water partition coefficient (Wildman–Crippen LogP) is 3.27. The van der Waals surface area contributed by atoms with Gasteiger partial charge in [-0.15, -0.1) is 0 Å². The monoisotopic (exact) mass is 441 g/mol. The molecule has 1 amide bonds. The van der Waals surface area contributed by atoms with Crippen LogP contribution in [-0.2, 0) is 16.4 Å². The van der Waals surface area contributed by atoms with Crippen molar-refractivity contribution in [2.75, 3.05) is 18.1 Å². The van der Waals surface area contributed by atoms with E-state index in [1.54, 1.807) is 41.3 Å². The van der Waals surface area contributed by atoms with E-state index in [4.69, 9.17) is 9.15 Å². The number of sulfone groups is 1. The van der Waals surface area contributed by atoms with E-state index < -0.39 is 9.84 Å². The van der Waals surface area contributed by atoms with Crippen LogP contribution >= 0.6 is 15.9 Å². The standard InChI is InChI=1S/C18H20BrNO5S/c1-2-24-15-5-3-13(4-6-15)18(21)20(11-16-7-8-17(19)25-16)14-9-10-26(22,23)12-14/h3-8,14H,2,9-12H2,1H3/t14-/m0/s1. The Morgan fingerprint density at radius 1 is 1.27 bits per heavy atom. The first-order chi connectivity index (χ1) is 12.4. The van der Waals surface area contributed by atoms with Crippen LogP contribution in [0, 0.1) is 0 Å². The van der Waals surface area contributed by atoms with Crippen LogP contribution in [0.15, 0.2) is 45.5 Å². The fourth-order valence-electron chi connectivity index (χ4n) is 3.02. The van der Waals surface area contributed by atoms with Gasteiger partial charge < -0.3 is 14.1 Å². The first kappa shape index (κ1) is 19.0. The van der Waals surface area contributed by atoms with Gasteiger partial charge in [0.15, 0.2) is 14.5 Å². The Kier molecular flexibility index (Phi) is 5.72. The molecule has 0 saturated carbocycles. The Morgan fingerprint density at radius 2 is 2.00 bits per heavy atom. The van der Waals surface area contributed by atoms with E-state index >= 15 is 0 Å². The second-order valence-electron chi connectivity index (χ2n) is 6.15. The summed E-state index contributed by atoms with van der Waals surface area (Å²) in [7, 11) is -3.11. The van der Waals surface area contributed by atoms with Crippen LogP contribution in [0.5, 0.6) is 5.75 Å². The van der Waals surface area contributed by atoms with Crippen LogP contribution < -0.4 is 4.74 Å². The van der Waals surface area contributed by atoms with Crippen LogP contribution in [0.25, 0.3) is 0 Å². The van der Waals surface area contributed by atoms with Crippen molar-refractivity contribution in [3.8, 4) is 5.75 Å². The molecular weight excluding hydrogens is 422 g/mol. The van der Waals surface area contributed by atoms with Gasteiger partial charge in [-0.2, -0.15) is 0 Å². The average Bonchev–Trinajstić information content (AvgIpc) is 3.18. The third-order valence-corrected chi connectivity index (χ3v) is 6.45. The first-order valence-corrected chi connectivity index (χ1v) is 11.0. The highest BCUT2D eigenvalue weighted by molar-refractivity contribution is 9.10. The van der Waals surface area contributed by atoms with E-state index in [1.807, 2.05) is 6.92 Å². The molecule has 0 radical (unpaired) electrons. The minimum absolute atomic E-state index is 0.0162. The lowest BCUT2D eigenvalue weighted by Gasteiger charge is -2.27. The van der Waals surface area contributed by atoms with E-state index in [0.717, 1.165) is 0 Å². The number of carbonyl (C=O) groups excluding carboxylic acids is 1. The van der Waals surface area contributed by atoms with E-state index in [-0.39, 0.29) is 30.0 Å². The van der Waals surface area contributed by atoms with Crippen molar-refractivity contribution in [2.24, 2.45) is 0 Å². The smallest absolute Gasteiger partial charge is 0.254 e. The van der Waals surface area contributed by atoms with E-state index in [9.17, 15) is 13.2 Å². The summed E-state index contributed by atoms with van der Waals surface area (Å²) in [6.07, 6.45) is 0.437. The molecule has 0 N–H and O–H groups in total. The number of halogens is 1. The van der Waals surface area contributed by atoms with Crippen molar-refractivity contribution in [2.45, 2.75) is 25.9 Å². The number of hydrogen-bond acceptors (Lipinski definition) is 5. The molecule has 2 aromatic rings. The molecule has 6 nitrogen and oxygen atoms in total. The zero-order valence-corrected chi connectivity index (χ0v) is 16.8. The number of furan rings is 1. The summed E-state index contributed by atoms with van der Waals surface area (Å²) in [5, 5.41) is 0. The summed E-state index contributed by atoms with van der Waals surface area (Å²) >= 11 is 3.25. The molecule has 1 aromatic heterocycles. The van der Waals surface area contributed by atoms with Gasteiger partial charge in [-0.25, -0.2) is 8.42 Å². The van der Waals surface area contributed by atoms with Gasteiger partial charge in [0.05, 0.1) is 24.7 Å². The first-order valence-electron chi connectivity index (χ1n) is 8.36. The van der Waals surface area contributed by atoms with Crippen molar-refractivity contribution in [1.29, 1.82) is 0 Å². The SMILES string of the molecule is CCOc1ccc(C(=O)N(Cc2ccc(Br)o2)[C@H]2CCS(=O)(=O)C2)cc1. The van der Waals surface area contributed by atoms with Crippen LogP contribution in [0.2, 0.25) is 0 Å². The fourth-order valence-corrected chi connectivity index (χ4v) is 5.09. The van der Waals surface area contributed by atoms with Gasteiger partial charge in [-0.3, -0.25) is 4.79 Å². The highest BCUT2D eigenvalue weighted by Gasteiger charge is 2.35. The van der Waals surface area contributed by atoms with Gasteiger partial charge in [0.25, 0.3) is 5.91 Å². The number of ether oxygens (including phenoxy) is 1. The van der Waals surface area contributed by atoms with Crippen molar-refractivity contribution in [1.82, 2.24) is 4.90 Å². The molecule has 0 spiro atoms. The molecule has 1 saturated heterocycles. The lowest BCUT2D eigenvalue weighted by atomic mass is 10.1. The Morgan fingerprint density at radius 3 is 2.54 bits per heavy atom.